The van der Waals surface area contributed by atoms with Crippen molar-refractivity contribution in [1.82, 2.24) is 9.78 Å². The number of halogens is 1. The number of benzene rings is 1. The molecular formula is C18H19FN2O4. The van der Waals surface area contributed by atoms with Crippen molar-refractivity contribution in [2.75, 3.05) is 0 Å². The van der Waals surface area contributed by atoms with Crippen LogP contribution in [-0.4, -0.2) is 20.9 Å². The Morgan fingerprint density at radius 2 is 2.08 bits per heavy atom. The summed E-state index contributed by atoms with van der Waals surface area (Å²) < 4.78 is 19.6. The van der Waals surface area contributed by atoms with E-state index in [1.54, 1.807) is 6.07 Å². The number of rotatable bonds is 6. The van der Waals surface area contributed by atoms with Gasteiger partial charge < -0.3 is 9.84 Å². The number of carbonyl (C=O) groups is 1. The molecule has 25 heavy (non-hydrogen) atoms. The molecule has 6 nitrogen and oxygen atoms in total. The highest BCUT2D eigenvalue weighted by atomic mass is 19.1. The highest BCUT2D eigenvalue weighted by molar-refractivity contribution is 5.71. The number of carboxylic acids is 1. The molecule has 0 saturated heterocycles. The second kappa shape index (κ2) is 7.46. The van der Waals surface area contributed by atoms with E-state index in [0.29, 0.717) is 12.3 Å². The lowest BCUT2D eigenvalue weighted by molar-refractivity contribution is -0.142. The zero-order chi connectivity index (χ0) is 17.8. The number of aromatic nitrogens is 2. The Kier molecular flexibility index (Phi) is 5.11. The third-order valence-corrected chi connectivity index (χ3v) is 4.44. The van der Waals surface area contributed by atoms with Crippen LogP contribution in [0.3, 0.4) is 0 Å². The van der Waals surface area contributed by atoms with Gasteiger partial charge in [0.05, 0.1) is 6.20 Å². The maximum absolute atomic E-state index is 13.2. The molecule has 0 aliphatic heterocycles. The topological polar surface area (TPSA) is 81.4 Å². The normalized spacial score (nSPS) is 15.9. The summed E-state index contributed by atoms with van der Waals surface area (Å²) in [5.74, 6) is -0.851. The van der Waals surface area contributed by atoms with E-state index in [0.717, 1.165) is 30.4 Å². The predicted molar refractivity (Wildman–Crippen MR) is 88.2 cm³/mol. The van der Waals surface area contributed by atoms with Crippen molar-refractivity contribution in [3.05, 3.63) is 52.7 Å². The summed E-state index contributed by atoms with van der Waals surface area (Å²) in [4.78, 5) is 23.9. The standard InChI is InChI=1S/C18H19FN2O4/c19-13-6-3-7-14(9-13)25-15-10-17(22)21(20-11-15)16(18(23)24)8-12-4-1-2-5-12/h3,6-7,9-12,16H,1-2,4-5,8H2,(H,23,24). The zero-order valence-electron chi connectivity index (χ0n) is 13.6. The molecule has 3 rings (SSSR count). The van der Waals surface area contributed by atoms with Crippen molar-refractivity contribution in [3.8, 4) is 11.5 Å². The molecule has 1 unspecified atom stereocenters. The molecule has 1 fully saturated rings. The van der Waals surface area contributed by atoms with Crippen molar-refractivity contribution >= 4 is 5.97 Å². The lowest BCUT2D eigenvalue weighted by Crippen LogP contribution is -2.32. The SMILES string of the molecule is O=C(O)C(CC1CCCC1)n1ncc(Oc2cccc(F)c2)cc1=O. The van der Waals surface area contributed by atoms with Crippen molar-refractivity contribution in [2.45, 2.75) is 38.1 Å². The molecule has 1 heterocycles. The van der Waals surface area contributed by atoms with E-state index < -0.39 is 23.4 Å². The van der Waals surface area contributed by atoms with E-state index in [1.807, 2.05) is 0 Å². The summed E-state index contributed by atoms with van der Waals surface area (Å²) in [5, 5.41) is 13.4. The van der Waals surface area contributed by atoms with Gasteiger partial charge in [0.2, 0.25) is 0 Å². The van der Waals surface area contributed by atoms with Crippen molar-refractivity contribution in [1.29, 1.82) is 0 Å². The number of carboxylic acid groups (broad SMARTS) is 1. The van der Waals surface area contributed by atoms with Crippen LogP contribution in [0.2, 0.25) is 0 Å². The van der Waals surface area contributed by atoms with Gasteiger partial charge >= 0.3 is 5.97 Å². The van der Waals surface area contributed by atoms with Crippen LogP contribution in [0.15, 0.2) is 41.3 Å². The molecule has 1 atom stereocenters. The van der Waals surface area contributed by atoms with Gasteiger partial charge in [0.25, 0.3) is 5.56 Å². The van der Waals surface area contributed by atoms with Gasteiger partial charge in [-0.3, -0.25) is 4.79 Å². The Balaban J connectivity index is 1.79. The number of ether oxygens (including phenoxy) is 1. The lowest BCUT2D eigenvalue weighted by atomic mass is 9.98. The zero-order valence-corrected chi connectivity index (χ0v) is 13.6. The number of nitrogens with zero attached hydrogens (tertiary/aromatic N) is 2. The first-order chi connectivity index (χ1) is 12.0. The molecule has 0 bridgehead atoms. The minimum absolute atomic E-state index is 0.136. The van der Waals surface area contributed by atoms with E-state index in [9.17, 15) is 19.1 Å². The average molecular weight is 346 g/mol. The Hall–Kier alpha value is -2.70. The molecule has 132 valence electrons. The van der Waals surface area contributed by atoms with Crippen LogP contribution < -0.4 is 10.3 Å². The maximum Gasteiger partial charge on any atom is 0.328 e. The third kappa shape index (κ3) is 4.23. The summed E-state index contributed by atoms with van der Waals surface area (Å²) in [6.45, 7) is 0. The summed E-state index contributed by atoms with van der Waals surface area (Å²) in [6, 6.07) is 5.69. The minimum Gasteiger partial charge on any atom is -0.480 e. The van der Waals surface area contributed by atoms with Gasteiger partial charge in [-0.2, -0.15) is 5.10 Å². The van der Waals surface area contributed by atoms with Gasteiger partial charge in [-0.1, -0.05) is 31.7 Å². The largest absolute Gasteiger partial charge is 0.480 e. The van der Waals surface area contributed by atoms with Crippen LogP contribution in [0, 0.1) is 11.7 Å². The molecule has 0 spiro atoms. The first kappa shape index (κ1) is 17.1. The number of hydrogen-bond acceptors (Lipinski definition) is 4. The second-order valence-electron chi connectivity index (χ2n) is 6.27. The summed E-state index contributed by atoms with van der Waals surface area (Å²) in [6.07, 6.45) is 5.83. The van der Waals surface area contributed by atoms with Gasteiger partial charge in [-0.05, 0) is 24.5 Å². The summed E-state index contributed by atoms with van der Waals surface area (Å²) >= 11 is 0. The van der Waals surface area contributed by atoms with Crippen LogP contribution in [0.1, 0.15) is 38.1 Å². The summed E-state index contributed by atoms with van der Waals surface area (Å²) in [5.41, 5.74) is -0.556. The first-order valence-electron chi connectivity index (χ1n) is 8.28. The Morgan fingerprint density at radius 1 is 1.32 bits per heavy atom. The number of hydrogen-bond donors (Lipinski definition) is 1. The average Bonchev–Trinajstić information content (AvgIpc) is 3.06. The molecule has 7 heteroatoms. The van der Waals surface area contributed by atoms with Crippen LogP contribution >= 0.6 is 0 Å². The van der Waals surface area contributed by atoms with Crippen LogP contribution in [-0.2, 0) is 4.79 Å². The van der Waals surface area contributed by atoms with Crippen molar-refractivity contribution in [3.63, 3.8) is 0 Å². The monoisotopic (exact) mass is 346 g/mol. The van der Waals surface area contributed by atoms with E-state index in [-0.39, 0.29) is 11.5 Å². The molecule has 1 saturated carbocycles. The quantitative estimate of drug-likeness (QED) is 0.867. The van der Waals surface area contributed by atoms with Crippen LogP contribution in [0.5, 0.6) is 11.5 Å². The Morgan fingerprint density at radius 3 is 2.72 bits per heavy atom. The van der Waals surface area contributed by atoms with Crippen LogP contribution in [0.4, 0.5) is 4.39 Å². The Bertz CT molecular complexity index is 815. The molecule has 1 aliphatic carbocycles. The Labute approximate surface area is 143 Å². The molecular weight excluding hydrogens is 327 g/mol. The van der Waals surface area contributed by atoms with Gasteiger partial charge in [0, 0.05) is 12.1 Å². The fourth-order valence-corrected chi connectivity index (χ4v) is 3.22. The van der Waals surface area contributed by atoms with Crippen LogP contribution in [0.25, 0.3) is 0 Å². The molecule has 2 aromatic rings. The summed E-state index contributed by atoms with van der Waals surface area (Å²) in [7, 11) is 0. The smallest absolute Gasteiger partial charge is 0.328 e. The fourth-order valence-electron chi connectivity index (χ4n) is 3.22. The van der Waals surface area contributed by atoms with Crippen molar-refractivity contribution in [2.24, 2.45) is 5.92 Å². The van der Waals surface area contributed by atoms with E-state index in [2.05, 4.69) is 5.10 Å². The van der Waals surface area contributed by atoms with Gasteiger partial charge in [0.1, 0.15) is 11.6 Å². The third-order valence-electron chi connectivity index (χ3n) is 4.44. The molecule has 0 radical (unpaired) electrons. The van der Waals surface area contributed by atoms with E-state index in [4.69, 9.17) is 4.74 Å². The molecule has 1 N–H and O–H groups in total. The van der Waals surface area contributed by atoms with Gasteiger partial charge in [-0.25, -0.2) is 13.9 Å². The molecule has 1 aliphatic rings. The van der Waals surface area contributed by atoms with E-state index in [1.165, 1.54) is 30.5 Å². The lowest BCUT2D eigenvalue weighted by Gasteiger charge is -2.18. The first-order valence-corrected chi connectivity index (χ1v) is 8.28. The predicted octanol–water partition coefficient (Wildman–Crippen LogP) is 3.38. The van der Waals surface area contributed by atoms with Gasteiger partial charge in [-0.15, -0.1) is 0 Å². The van der Waals surface area contributed by atoms with Crippen molar-refractivity contribution < 1.29 is 19.0 Å². The molecule has 1 aromatic heterocycles. The second-order valence-corrected chi connectivity index (χ2v) is 6.27. The maximum atomic E-state index is 13.2. The fraction of sp³-hybridized carbons (Fsp3) is 0.389. The minimum atomic E-state index is -1.07. The molecule has 1 aromatic carbocycles. The molecule has 0 amide bonds. The van der Waals surface area contributed by atoms with E-state index >= 15 is 0 Å². The number of aliphatic carboxylic acids is 1. The highest BCUT2D eigenvalue weighted by Crippen LogP contribution is 2.31. The highest BCUT2D eigenvalue weighted by Gasteiger charge is 2.28. The van der Waals surface area contributed by atoms with Gasteiger partial charge in [0.15, 0.2) is 11.8 Å².